The first-order valence-corrected chi connectivity index (χ1v) is 4.76. The molecule has 16 heavy (non-hydrogen) atoms. The third-order valence-corrected chi connectivity index (χ3v) is 1.96. The van der Waals surface area contributed by atoms with E-state index in [1.54, 1.807) is 0 Å². The minimum absolute atomic E-state index is 0.109. The summed E-state index contributed by atoms with van der Waals surface area (Å²) in [5, 5.41) is 19.5. The van der Waals surface area contributed by atoms with E-state index in [0.717, 1.165) is 0 Å². The van der Waals surface area contributed by atoms with E-state index >= 15 is 0 Å². The summed E-state index contributed by atoms with van der Waals surface area (Å²) in [6.07, 6.45) is 0.252. The van der Waals surface area contributed by atoms with E-state index in [2.05, 4.69) is 0 Å². The molecule has 1 rings (SSSR count). The second kappa shape index (κ2) is 6.02. The van der Waals surface area contributed by atoms with Crippen molar-refractivity contribution < 1.29 is 19.2 Å². The molecular weight excluding hydrogens is 217 g/mol. The lowest BCUT2D eigenvalue weighted by atomic mass is 10.2. The van der Waals surface area contributed by atoms with Crippen molar-refractivity contribution in [3.8, 4) is 5.75 Å². The number of ether oxygens (including phenoxy) is 1. The Morgan fingerprint density at radius 1 is 1.50 bits per heavy atom. The van der Waals surface area contributed by atoms with E-state index in [1.165, 1.54) is 18.2 Å². The molecule has 1 aromatic carbocycles. The number of nitro groups is 1. The predicted octanol–water partition coefficient (Wildman–Crippen LogP) is 1.83. The van der Waals surface area contributed by atoms with Crippen LogP contribution in [0.2, 0.25) is 0 Å². The van der Waals surface area contributed by atoms with Gasteiger partial charge in [-0.25, -0.2) is 0 Å². The van der Waals surface area contributed by atoms with Crippen LogP contribution in [-0.4, -0.2) is 23.3 Å². The second-order valence-corrected chi connectivity index (χ2v) is 3.10. The fraction of sp³-hybridized carbons (Fsp3) is 0.400. The molecule has 0 aliphatic rings. The van der Waals surface area contributed by atoms with E-state index in [-0.39, 0.29) is 25.3 Å². The first kappa shape index (κ1) is 12.4. The Morgan fingerprint density at radius 3 is 2.81 bits per heavy atom. The van der Waals surface area contributed by atoms with Gasteiger partial charge in [0.05, 0.1) is 24.8 Å². The summed E-state index contributed by atoms with van der Waals surface area (Å²) in [4.78, 5) is 9.92. The van der Waals surface area contributed by atoms with Crippen LogP contribution in [0.15, 0.2) is 18.2 Å². The van der Waals surface area contributed by atoms with Crippen LogP contribution in [0.5, 0.6) is 5.75 Å². The molecule has 6 heteroatoms. The van der Waals surface area contributed by atoms with Crippen molar-refractivity contribution in [1.29, 1.82) is 0 Å². The maximum absolute atomic E-state index is 11.8. The van der Waals surface area contributed by atoms with Crippen LogP contribution in [0.4, 0.5) is 10.1 Å². The molecule has 0 radical (unpaired) electrons. The number of nitro benzene ring substituents is 1. The standard InChI is InChI=1S/C10H12FNO4/c11-4-1-5-16-10-3-2-9(12(14)15)6-8(10)7-13/h2-3,6,13H,1,4-5,7H2. The van der Waals surface area contributed by atoms with Crippen molar-refractivity contribution in [1.82, 2.24) is 0 Å². The van der Waals surface area contributed by atoms with Gasteiger partial charge in [0.15, 0.2) is 0 Å². The lowest BCUT2D eigenvalue weighted by Crippen LogP contribution is -2.01. The summed E-state index contributed by atoms with van der Waals surface area (Å²) in [7, 11) is 0. The molecule has 1 N–H and O–H groups in total. The van der Waals surface area contributed by atoms with Crippen LogP contribution in [0.3, 0.4) is 0 Å². The SMILES string of the molecule is O=[N+]([O-])c1ccc(OCCCF)c(CO)c1. The molecule has 5 nitrogen and oxygen atoms in total. The first-order valence-electron chi connectivity index (χ1n) is 4.76. The molecular formula is C10H12FNO4. The van der Waals surface area contributed by atoms with Gasteiger partial charge in [-0.15, -0.1) is 0 Å². The molecule has 0 saturated carbocycles. The van der Waals surface area contributed by atoms with Crippen LogP contribution >= 0.6 is 0 Å². The van der Waals surface area contributed by atoms with E-state index in [1.807, 2.05) is 0 Å². The number of non-ortho nitro benzene ring substituents is 1. The van der Waals surface area contributed by atoms with Crippen molar-refractivity contribution in [3.63, 3.8) is 0 Å². The topological polar surface area (TPSA) is 72.6 Å². The van der Waals surface area contributed by atoms with Gasteiger partial charge in [0.25, 0.3) is 5.69 Å². The summed E-state index contributed by atoms with van der Waals surface area (Å²) in [6, 6.07) is 3.93. The minimum Gasteiger partial charge on any atom is -0.493 e. The number of halogens is 1. The van der Waals surface area contributed by atoms with Crippen molar-refractivity contribution >= 4 is 5.69 Å². The van der Waals surface area contributed by atoms with Crippen LogP contribution in [0.1, 0.15) is 12.0 Å². The van der Waals surface area contributed by atoms with E-state index in [9.17, 15) is 14.5 Å². The van der Waals surface area contributed by atoms with Gasteiger partial charge >= 0.3 is 0 Å². The van der Waals surface area contributed by atoms with Crippen molar-refractivity contribution in [3.05, 3.63) is 33.9 Å². The molecule has 0 aromatic heterocycles. The zero-order valence-corrected chi connectivity index (χ0v) is 8.56. The highest BCUT2D eigenvalue weighted by Gasteiger charge is 2.10. The number of aliphatic hydroxyl groups is 1. The number of hydrogen-bond donors (Lipinski definition) is 1. The number of aliphatic hydroxyl groups excluding tert-OH is 1. The first-order chi connectivity index (χ1) is 7.69. The Morgan fingerprint density at radius 2 is 2.25 bits per heavy atom. The van der Waals surface area contributed by atoms with Crippen molar-refractivity contribution in [2.75, 3.05) is 13.3 Å². The van der Waals surface area contributed by atoms with Crippen LogP contribution in [0.25, 0.3) is 0 Å². The summed E-state index contributed by atoms with van der Waals surface area (Å²) in [5.41, 5.74) is 0.218. The van der Waals surface area contributed by atoms with Gasteiger partial charge < -0.3 is 9.84 Å². The average Bonchev–Trinajstić information content (AvgIpc) is 2.29. The predicted molar refractivity (Wildman–Crippen MR) is 55.1 cm³/mol. The van der Waals surface area contributed by atoms with Gasteiger partial charge in [0.1, 0.15) is 5.75 Å². The van der Waals surface area contributed by atoms with Crippen LogP contribution < -0.4 is 4.74 Å². The largest absolute Gasteiger partial charge is 0.493 e. The number of alkyl halides is 1. The summed E-state index contributed by atoms with van der Waals surface area (Å²) in [6.45, 7) is -0.657. The average molecular weight is 229 g/mol. The molecule has 0 heterocycles. The normalized spacial score (nSPS) is 10.1. The molecule has 0 amide bonds. The number of nitrogens with zero attached hydrogens (tertiary/aromatic N) is 1. The molecule has 0 spiro atoms. The third-order valence-electron chi connectivity index (χ3n) is 1.96. The molecule has 0 aliphatic carbocycles. The molecule has 0 bridgehead atoms. The highest BCUT2D eigenvalue weighted by molar-refractivity contribution is 5.43. The molecule has 1 aromatic rings. The summed E-state index contributed by atoms with van der Waals surface area (Å²) < 4.78 is 17.0. The third kappa shape index (κ3) is 3.16. The Hall–Kier alpha value is -1.69. The molecule has 0 atom stereocenters. The fourth-order valence-electron chi connectivity index (χ4n) is 1.18. The monoisotopic (exact) mass is 229 g/mol. The molecule has 88 valence electrons. The van der Waals surface area contributed by atoms with Gasteiger partial charge in [-0.3, -0.25) is 14.5 Å². The molecule has 0 fully saturated rings. The maximum Gasteiger partial charge on any atom is 0.270 e. The molecule has 0 saturated heterocycles. The molecule has 0 unspecified atom stereocenters. The number of rotatable bonds is 6. The fourth-order valence-corrected chi connectivity index (χ4v) is 1.18. The second-order valence-electron chi connectivity index (χ2n) is 3.10. The minimum atomic E-state index is -0.551. The number of hydrogen-bond acceptors (Lipinski definition) is 4. The lowest BCUT2D eigenvalue weighted by Gasteiger charge is -2.08. The number of benzene rings is 1. The smallest absolute Gasteiger partial charge is 0.270 e. The Kier molecular flexibility index (Phi) is 4.65. The Labute approximate surface area is 91.6 Å². The highest BCUT2D eigenvalue weighted by Crippen LogP contribution is 2.24. The van der Waals surface area contributed by atoms with Gasteiger partial charge in [-0.05, 0) is 6.07 Å². The quantitative estimate of drug-likeness (QED) is 0.458. The molecule has 0 aliphatic heterocycles. The highest BCUT2D eigenvalue weighted by atomic mass is 19.1. The Bertz CT molecular complexity index is 370. The van der Waals surface area contributed by atoms with Gasteiger partial charge in [-0.1, -0.05) is 0 Å². The van der Waals surface area contributed by atoms with Crippen molar-refractivity contribution in [2.24, 2.45) is 0 Å². The maximum atomic E-state index is 11.8. The van der Waals surface area contributed by atoms with Crippen molar-refractivity contribution in [2.45, 2.75) is 13.0 Å². The van der Waals surface area contributed by atoms with E-state index in [4.69, 9.17) is 9.84 Å². The van der Waals surface area contributed by atoms with Gasteiger partial charge in [0.2, 0.25) is 0 Å². The van der Waals surface area contributed by atoms with Crippen LogP contribution in [-0.2, 0) is 6.61 Å². The van der Waals surface area contributed by atoms with Gasteiger partial charge in [0, 0.05) is 24.1 Å². The Balaban J connectivity index is 2.80. The van der Waals surface area contributed by atoms with E-state index in [0.29, 0.717) is 11.3 Å². The summed E-state index contributed by atoms with van der Waals surface area (Å²) >= 11 is 0. The van der Waals surface area contributed by atoms with Crippen LogP contribution in [0, 0.1) is 10.1 Å². The lowest BCUT2D eigenvalue weighted by molar-refractivity contribution is -0.385. The van der Waals surface area contributed by atoms with Gasteiger partial charge in [-0.2, -0.15) is 0 Å². The van der Waals surface area contributed by atoms with E-state index < -0.39 is 11.6 Å². The summed E-state index contributed by atoms with van der Waals surface area (Å²) in [5.74, 6) is 0.349. The zero-order chi connectivity index (χ0) is 12.0. The zero-order valence-electron chi connectivity index (χ0n) is 8.56.